The summed E-state index contributed by atoms with van der Waals surface area (Å²) >= 11 is 0. The Bertz CT molecular complexity index is 478. The molecule has 0 spiro atoms. The molecule has 2 rings (SSSR count). The lowest BCUT2D eigenvalue weighted by atomic mass is 9.77. The maximum atomic E-state index is 11.9. The van der Waals surface area contributed by atoms with E-state index in [0.717, 1.165) is 5.56 Å². The number of rotatable bonds is 4. The number of carboxylic acids is 1. The van der Waals surface area contributed by atoms with E-state index < -0.39 is 11.5 Å². The SMILES string of the molecule is NC1(C(=O)O)CCC(C(=O)OCc2ccccc2)CC1. The normalized spacial score (nSPS) is 25.9. The Hall–Kier alpha value is -1.88. The molecule has 0 aliphatic heterocycles. The first-order chi connectivity index (χ1) is 9.51. The molecule has 5 nitrogen and oxygen atoms in total. The average molecular weight is 277 g/mol. The number of carbonyl (C=O) groups excluding carboxylic acids is 1. The van der Waals surface area contributed by atoms with Gasteiger partial charge in [-0.15, -0.1) is 0 Å². The number of carboxylic acid groups (broad SMARTS) is 1. The van der Waals surface area contributed by atoms with Gasteiger partial charge in [-0.05, 0) is 31.2 Å². The molecule has 1 aliphatic carbocycles. The third kappa shape index (κ3) is 3.36. The summed E-state index contributed by atoms with van der Waals surface area (Å²) in [4.78, 5) is 23.0. The van der Waals surface area contributed by atoms with Crippen LogP contribution in [0.5, 0.6) is 0 Å². The highest BCUT2D eigenvalue weighted by Gasteiger charge is 2.40. The number of esters is 1. The van der Waals surface area contributed by atoms with Crippen LogP contribution >= 0.6 is 0 Å². The van der Waals surface area contributed by atoms with Crippen LogP contribution in [0.15, 0.2) is 30.3 Å². The summed E-state index contributed by atoms with van der Waals surface area (Å²) in [6.45, 7) is 0.253. The summed E-state index contributed by atoms with van der Waals surface area (Å²) in [6, 6.07) is 9.46. The first kappa shape index (κ1) is 14.5. The summed E-state index contributed by atoms with van der Waals surface area (Å²) in [6.07, 6.45) is 1.56. The number of benzene rings is 1. The fraction of sp³-hybridized carbons (Fsp3) is 0.467. The molecular formula is C15H19NO4. The second kappa shape index (κ2) is 6.05. The van der Waals surface area contributed by atoms with E-state index in [9.17, 15) is 9.59 Å². The molecule has 0 unspecified atom stereocenters. The first-order valence-corrected chi connectivity index (χ1v) is 6.74. The van der Waals surface area contributed by atoms with Crippen molar-refractivity contribution in [1.82, 2.24) is 0 Å². The molecule has 0 heterocycles. The molecule has 0 radical (unpaired) electrons. The molecule has 0 atom stereocenters. The van der Waals surface area contributed by atoms with Crippen molar-refractivity contribution in [2.75, 3.05) is 0 Å². The molecule has 1 aromatic rings. The highest BCUT2D eigenvalue weighted by molar-refractivity contribution is 5.79. The molecule has 1 aliphatic rings. The largest absolute Gasteiger partial charge is 0.480 e. The minimum Gasteiger partial charge on any atom is -0.480 e. The molecule has 108 valence electrons. The predicted molar refractivity (Wildman–Crippen MR) is 72.8 cm³/mol. The van der Waals surface area contributed by atoms with Crippen molar-refractivity contribution in [3.8, 4) is 0 Å². The molecule has 5 heteroatoms. The molecule has 0 bridgehead atoms. The van der Waals surface area contributed by atoms with Crippen LogP contribution in [0.2, 0.25) is 0 Å². The molecule has 0 aromatic heterocycles. The zero-order chi connectivity index (χ0) is 14.6. The van der Waals surface area contributed by atoms with Crippen molar-refractivity contribution in [2.45, 2.75) is 37.8 Å². The van der Waals surface area contributed by atoms with Crippen LogP contribution in [0, 0.1) is 5.92 Å². The topological polar surface area (TPSA) is 89.6 Å². The molecule has 20 heavy (non-hydrogen) atoms. The zero-order valence-corrected chi connectivity index (χ0v) is 11.2. The minimum absolute atomic E-state index is 0.241. The second-order valence-corrected chi connectivity index (χ2v) is 5.33. The number of aliphatic carboxylic acids is 1. The standard InChI is InChI=1S/C15H19NO4/c16-15(14(18)19)8-6-12(7-9-15)13(17)20-10-11-4-2-1-3-5-11/h1-5,12H,6-10,16H2,(H,18,19). The van der Waals surface area contributed by atoms with Crippen LogP contribution in [-0.2, 0) is 20.9 Å². The van der Waals surface area contributed by atoms with Gasteiger partial charge in [0.05, 0.1) is 5.92 Å². The van der Waals surface area contributed by atoms with Crippen molar-refractivity contribution < 1.29 is 19.4 Å². The lowest BCUT2D eigenvalue weighted by Gasteiger charge is -2.32. The molecular weight excluding hydrogens is 258 g/mol. The van der Waals surface area contributed by atoms with Crippen molar-refractivity contribution in [3.63, 3.8) is 0 Å². The van der Waals surface area contributed by atoms with Gasteiger partial charge < -0.3 is 15.6 Å². The van der Waals surface area contributed by atoms with Crippen LogP contribution < -0.4 is 5.73 Å². The highest BCUT2D eigenvalue weighted by Crippen LogP contribution is 2.31. The maximum absolute atomic E-state index is 11.9. The van der Waals surface area contributed by atoms with E-state index in [1.165, 1.54) is 0 Å². The molecule has 1 aromatic carbocycles. The third-order valence-corrected chi connectivity index (χ3v) is 3.86. The average Bonchev–Trinajstić information content (AvgIpc) is 2.46. The van der Waals surface area contributed by atoms with E-state index in [-0.39, 0.29) is 18.5 Å². The Morgan fingerprint density at radius 2 is 1.85 bits per heavy atom. The number of nitrogens with two attached hydrogens (primary N) is 1. The smallest absolute Gasteiger partial charge is 0.323 e. The van der Waals surface area contributed by atoms with Crippen LogP contribution in [0.25, 0.3) is 0 Å². The summed E-state index contributed by atoms with van der Waals surface area (Å²) in [5, 5.41) is 9.03. The lowest BCUT2D eigenvalue weighted by molar-refractivity contribution is -0.154. The molecule has 1 fully saturated rings. The summed E-state index contributed by atoms with van der Waals surface area (Å²) < 4.78 is 5.27. The van der Waals surface area contributed by atoms with Gasteiger partial charge in [-0.25, -0.2) is 0 Å². The Labute approximate surface area is 117 Å². The lowest BCUT2D eigenvalue weighted by Crippen LogP contribution is -2.51. The number of ether oxygens (including phenoxy) is 1. The van der Waals surface area contributed by atoms with Gasteiger partial charge in [0.2, 0.25) is 0 Å². The molecule has 0 amide bonds. The fourth-order valence-corrected chi connectivity index (χ4v) is 2.43. The van der Waals surface area contributed by atoms with Gasteiger partial charge in [0.1, 0.15) is 12.1 Å². The van der Waals surface area contributed by atoms with E-state index in [1.807, 2.05) is 30.3 Å². The van der Waals surface area contributed by atoms with Crippen LogP contribution in [0.1, 0.15) is 31.2 Å². The predicted octanol–water partition coefficient (Wildman–Crippen LogP) is 1.70. The van der Waals surface area contributed by atoms with Crippen LogP contribution in [0.4, 0.5) is 0 Å². The third-order valence-electron chi connectivity index (χ3n) is 3.86. The van der Waals surface area contributed by atoms with Gasteiger partial charge in [-0.2, -0.15) is 0 Å². The van der Waals surface area contributed by atoms with E-state index in [4.69, 9.17) is 15.6 Å². The Morgan fingerprint density at radius 1 is 1.25 bits per heavy atom. The highest BCUT2D eigenvalue weighted by atomic mass is 16.5. The molecule has 1 saturated carbocycles. The van der Waals surface area contributed by atoms with Gasteiger partial charge >= 0.3 is 11.9 Å². The van der Waals surface area contributed by atoms with Gasteiger partial charge in [0.15, 0.2) is 0 Å². The number of carbonyl (C=O) groups is 2. The quantitative estimate of drug-likeness (QED) is 0.818. The summed E-state index contributed by atoms with van der Waals surface area (Å²) in [7, 11) is 0. The van der Waals surface area contributed by atoms with Crippen LogP contribution in [0.3, 0.4) is 0 Å². The fourth-order valence-electron chi connectivity index (χ4n) is 2.43. The number of hydrogen-bond acceptors (Lipinski definition) is 4. The molecule has 0 saturated heterocycles. The maximum Gasteiger partial charge on any atom is 0.323 e. The summed E-state index contributed by atoms with van der Waals surface area (Å²) in [5.41, 5.74) is 5.53. The van der Waals surface area contributed by atoms with Crippen molar-refractivity contribution >= 4 is 11.9 Å². The summed E-state index contributed by atoms with van der Waals surface area (Å²) in [5.74, 6) is -1.50. The second-order valence-electron chi connectivity index (χ2n) is 5.33. The van der Waals surface area contributed by atoms with Gasteiger partial charge in [0.25, 0.3) is 0 Å². The van der Waals surface area contributed by atoms with Crippen LogP contribution in [-0.4, -0.2) is 22.6 Å². The van der Waals surface area contributed by atoms with Gasteiger partial charge in [-0.3, -0.25) is 9.59 Å². The minimum atomic E-state index is -1.18. The van der Waals surface area contributed by atoms with Crippen molar-refractivity contribution in [3.05, 3.63) is 35.9 Å². The Kier molecular flexibility index (Phi) is 4.39. The van der Waals surface area contributed by atoms with E-state index in [1.54, 1.807) is 0 Å². The van der Waals surface area contributed by atoms with Crippen molar-refractivity contribution in [1.29, 1.82) is 0 Å². The van der Waals surface area contributed by atoms with E-state index in [0.29, 0.717) is 25.7 Å². The van der Waals surface area contributed by atoms with E-state index in [2.05, 4.69) is 0 Å². The first-order valence-electron chi connectivity index (χ1n) is 6.74. The number of hydrogen-bond donors (Lipinski definition) is 2. The van der Waals surface area contributed by atoms with Gasteiger partial charge in [0, 0.05) is 0 Å². The monoisotopic (exact) mass is 277 g/mol. The molecule has 3 N–H and O–H groups in total. The Balaban J connectivity index is 1.82. The van der Waals surface area contributed by atoms with E-state index >= 15 is 0 Å². The van der Waals surface area contributed by atoms with Gasteiger partial charge in [-0.1, -0.05) is 30.3 Å². The van der Waals surface area contributed by atoms with Crippen molar-refractivity contribution in [2.24, 2.45) is 11.7 Å². The zero-order valence-electron chi connectivity index (χ0n) is 11.2. The Morgan fingerprint density at radius 3 is 2.40 bits per heavy atom.